The van der Waals surface area contributed by atoms with Crippen molar-refractivity contribution in [2.75, 3.05) is 6.61 Å². The fourth-order valence-electron chi connectivity index (χ4n) is 2.75. The maximum absolute atomic E-state index is 12.7. The summed E-state index contributed by atoms with van der Waals surface area (Å²) in [5, 5.41) is 10.1. The molecule has 6 heteroatoms. The van der Waals surface area contributed by atoms with Gasteiger partial charge in [-0.05, 0) is 36.8 Å². The van der Waals surface area contributed by atoms with Gasteiger partial charge < -0.3 is 9.84 Å². The van der Waals surface area contributed by atoms with E-state index in [4.69, 9.17) is 16.3 Å². The molecule has 2 aromatic rings. The molecule has 0 aromatic heterocycles. The average molecular weight is 375 g/mol. The van der Waals surface area contributed by atoms with Crippen LogP contribution in [0.5, 0.6) is 0 Å². The van der Waals surface area contributed by atoms with Gasteiger partial charge in [-0.3, -0.25) is 14.4 Å². The number of hydrogen-bond acceptors (Lipinski definition) is 4. The van der Waals surface area contributed by atoms with Crippen LogP contribution >= 0.6 is 11.6 Å². The minimum Gasteiger partial charge on any atom is -0.481 e. The summed E-state index contributed by atoms with van der Waals surface area (Å²) in [7, 11) is 0. The molecule has 2 aromatic carbocycles. The molecule has 2 rings (SSSR count). The quantitative estimate of drug-likeness (QED) is 0.429. The summed E-state index contributed by atoms with van der Waals surface area (Å²) in [5.74, 6) is -4.74. The molecular formula is C20H19ClO5. The van der Waals surface area contributed by atoms with Crippen molar-refractivity contribution in [2.45, 2.75) is 19.3 Å². The molecular weight excluding hydrogens is 356 g/mol. The van der Waals surface area contributed by atoms with Crippen LogP contribution in [0.1, 0.15) is 35.2 Å². The van der Waals surface area contributed by atoms with Crippen LogP contribution in [0.15, 0.2) is 54.6 Å². The number of carbonyl (C=O) groups is 3. The van der Waals surface area contributed by atoms with Crippen LogP contribution in [-0.2, 0) is 14.3 Å². The summed E-state index contributed by atoms with van der Waals surface area (Å²) >= 11 is 5.84. The molecule has 26 heavy (non-hydrogen) atoms. The average Bonchev–Trinajstić information content (AvgIpc) is 2.62. The minimum atomic E-state index is -1.46. The van der Waals surface area contributed by atoms with Gasteiger partial charge in [-0.15, -0.1) is 0 Å². The van der Waals surface area contributed by atoms with Crippen molar-refractivity contribution in [2.24, 2.45) is 5.92 Å². The number of carbonyl (C=O) groups excluding carboxylic acids is 2. The van der Waals surface area contributed by atoms with Crippen molar-refractivity contribution < 1.29 is 24.2 Å². The van der Waals surface area contributed by atoms with Gasteiger partial charge in [-0.2, -0.15) is 0 Å². The molecule has 2 atom stereocenters. The highest BCUT2D eigenvalue weighted by Crippen LogP contribution is 2.31. The van der Waals surface area contributed by atoms with E-state index in [1.165, 1.54) is 0 Å². The fraction of sp³-hybridized carbons (Fsp3) is 0.250. The highest BCUT2D eigenvalue weighted by atomic mass is 35.5. The molecule has 0 aliphatic heterocycles. The molecule has 5 nitrogen and oxygen atoms in total. The Labute approximate surface area is 156 Å². The Morgan fingerprint density at radius 3 is 2.19 bits per heavy atom. The number of carboxylic acid groups (broad SMARTS) is 1. The van der Waals surface area contributed by atoms with Gasteiger partial charge in [0.15, 0.2) is 11.7 Å². The number of aliphatic carboxylic acids is 1. The zero-order valence-electron chi connectivity index (χ0n) is 14.2. The van der Waals surface area contributed by atoms with E-state index in [1.54, 1.807) is 61.5 Å². The Balaban J connectivity index is 2.37. The summed E-state index contributed by atoms with van der Waals surface area (Å²) in [6.07, 6.45) is -0.137. The molecule has 136 valence electrons. The first kappa shape index (κ1) is 19.7. The van der Waals surface area contributed by atoms with Gasteiger partial charge in [0.1, 0.15) is 0 Å². The SMILES string of the molecule is CCOC(=O)C(C(=O)O)C(CC(=O)c1ccc(Cl)cc1)c1ccccc1. The Morgan fingerprint density at radius 2 is 1.65 bits per heavy atom. The molecule has 0 saturated heterocycles. The zero-order valence-corrected chi connectivity index (χ0v) is 15.0. The van der Waals surface area contributed by atoms with E-state index in [-0.39, 0.29) is 18.8 Å². The number of ketones is 1. The predicted octanol–water partition coefficient (Wildman–Crippen LogP) is 3.96. The van der Waals surface area contributed by atoms with Gasteiger partial charge in [0.25, 0.3) is 0 Å². The molecule has 0 saturated carbocycles. The van der Waals surface area contributed by atoms with E-state index in [0.717, 1.165) is 0 Å². The monoisotopic (exact) mass is 374 g/mol. The second-order valence-corrected chi connectivity index (χ2v) is 6.16. The smallest absolute Gasteiger partial charge is 0.320 e. The van der Waals surface area contributed by atoms with E-state index in [9.17, 15) is 19.5 Å². The Hall–Kier alpha value is -2.66. The lowest BCUT2D eigenvalue weighted by atomic mass is 9.81. The van der Waals surface area contributed by atoms with Crippen LogP contribution in [0.3, 0.4) is 0 Å². The van der Waals surface area contributed by atoms with E-state index in [2.05, 4.69) is 0 Å². The Kier molecular flexibility index (Phi) is 6.92. The van der Waals surface area contributed by atoms with Crippen LogP contribution < -0.4 is 0 Å². The number of halogens is 1. The zero-order chi connectivity index (χ0) is 19.1. The third-order valence-corrected chi connectivity index (χ3v) is 4.26. The van der Waals surface area contributed by atoms with E-state index >= 15 is 0 Å². The van der Waals surface area contributed by atoms with Crippen molar-refractivity contribution in [3.8, 4) is 0 Å². The molecule has 2 unspecified atom stereocenters. The van der Waals surface area contributed by atoms with Gasteiger partial charge >= 0.3 is 11.9 Å². The first-order valence-electron chi connectivity index (χ1n) is 8.17. The molecule has 0 heterocycles. The second kappa shape index (κ2) is 9.15. The topological polar surface area (TPSA) is 80.7 Å². The molecule has 0 spiro atoms. The van der Waals surface area contributed by atoms with E-state index < -0.39 is 23.8 Å². The molecule has 1 N–H and O–H groups in total. The number of benzene rings is 2. The molecule has 0 amide bonds. The third kappa shape index (κ3) is 4.92. The molecule has 0 aliphatic carbocycles. The number of ether oxygens (including phenoxy) is 1. The predicted molar refractivity (Wildman–Crippen MR) is 97.3 cm³/mol. The van der Waals surface area contributed by atoms with Crippen molar-refractivity contribution in [3.63, 3.8) is 0 Å². The normalized spacial score (nSPS) is 12.8. The van der Waals surface area contributed by atoms with Gasteiger partial charge in [-0.1, -0.05) is 41.9 Å². The van der Waals surface area contributed by atoms with Gasteiger partial charge in [-0.25, -0.2) is 0 Å². The number of rotatable bonds is 8. The third-order valence-electron chi connectivity index (χ3n) is 4.01. The summed E-state index contributed by atoms with van der Waals surface area (Å²) in [5.41, 5.74) is 0.999. The van der Waals surface area contributed by atoms with Crippen LogP contribution in [0, 0.1) is 5.92 Å². The molecule has 0 radical (unpaired) electrons. The number of hydrogen-bond donors (Lipinski definition) is 1. The second-order valence-electron chi connectivity index (χ2n) is 5.72. The number of carboxylic acids is 1. The van der Waals surface area contributed by atoms with Gasteiger partial charge in [0.2, 0.25) is 0 Å². The highest BCUT2D eigenvalue weighted by molar-refractivity contribution is 6.30. The fourth-order valence-corrected chi connectivity index (χ4v) is 2.88. The van der Waals surface area contributed by atoms with Crippen LogP contribution in [0.25, 0.3) is 0 Å². The lowest BCUT2D eigenvalue weighted by molar-refractivity contribution is -0.159. The molecule has 0 bridgehead atoms. The van der Waals surface area contributed by atoms with Gasteiger partial charge in [0, 0.05) is 22.9 Å². The minimum absolute atomic E-state index is 0.0647. The van der Waals surface area contributed by atoms with Crippen LogP contribution in [0.4, 0.5) is 0 Å². The summed E-state index contributed by atoms with van der Waals surface area (Å²) in [6.45, 7) is 1.67. The Morgan fingerprint density at radius 1 is 1.04 bits per heavy atom. The maximum atomic E-state index is 12.7. The van der Waals surface area contributed by atoms with E-state index in [1.807, 2.05) is 0 Å². The standard InChI is InChI=1S/C20H19ClO5/c1-2-26-20(25)18(19(23)24)16(13-6-4-3-5-7-13)12-17(22)14-8-10-15(21)11-9-14/h3-11,16,18H,2,12H2,1H3,(H,23,24). The Bertz CT molecular complexity index is 771. The largest absolute Gasteiger partial charge is 0.481 e. The van der Waals surface area contributed by atoms with Crippen molar-refractivity contribution in [1.29, 1.82) is 0 Å². The van der Waals surface area contributed by atoms with Crippen molar-refractivity contribution in [3.05, 3.63) is 70.7 Å². The summed E-state index contributed by atoms with van der Waals surface area (Å²) in [6, 6.07) is 15.0. The molecule has 0 aliphatic rings. The van der Waals surface area contributed by atoms with Crippen molar-refractivity contribution >= 4 is 29.3 Å². The lowest BCUT2D eigenvalue weighted by Gasteiger charge is -2.22. The number of Topliss-reactive ketones (excluding diaryl/α,β-unsaturated/α-hetero) is 1. The van der Waals surface area contributed by atoms with Crippen LogP contribution in [-0.4, -0.2) is 29.4 Å². The summed E-state index contributed by atoms with van der Waals surface area (Å²) < 4.78 is 4.92. The summed E-state index contributed by atoms with van der Waals surface area (Å²) in [4.78, 5) is 36.7. The first-order valence-corrected chi connectivity index (χ1v) is 8.55. The molecule has 0 fully saturated rings. The van der Waals surface area contributed by atoms with Crippen molar-refractivity contribution in [1.82, 2.24) is 0 Å². The first-order chi connectivity index (χ1) is 12.4. The van der Waals surface area contributed by atoms with Gasteiger partial charge in [0.05, 0.1) is 6.61 Å². The number of esters is 1. The highest BCUT2D eigenvalue weighted by Gasteiger charge is 2.38. The lowest BCUT2D eigenvalue weighted by Crippen LogP contribution is -2.33. The van der Waals surface area contributed by atoms with Crippen LogP contribution in [0.2, 0.25) is 5.02 Å². The van der Waals surface area contributed by atoms with E-state index in [0.29, 0.717) is 16.1 Å². The maximum Gasteiger partial charge on any atom is 0.320 e.